The first-order valence-electron chi connectivity index (χ1n) is 23.6. The zero-order valence-electron chi connectivity index (χ0n) is 38.6. The molecule has 0 amide bonds. The normalized spacial score (nSPS) is 21.6. The van der Waals surface area contributed by atoms with E-state index in [-0.39, 0.29) is 36.2 Å². The van der Waals surface area contributed by atoms with Gasteiger partial charge in [0.15, 0.2) is 11.6 Å². The summed E-state index contributed by atoms with van der Waals surface area (Å²) in [6, 6.07) is 16.4. The number of rotatable bonds is 29. The lowest BCUT2D eigenvalue weighted by atomic mass is 9.97. The smallest absolute Gasteiger partial charge is 0.402 e. The number of nitrogen functional groups attached to an aromatic ring is 1. The van der Waals surface area contributed by atoms with Crippen LogP contribution in [0.25, 0.3) is 5.52 Å². The van der Waals surface area contributed by atoms with E-state index in [4.69, 9.17) is 49.9 Å². The quantitative estimate of drug-likeness (QED) is 0.0406. The van der Waals surface area contributed by atoms with Crippen molar-refractivity contribution < 1.29 is 41.5 Å². The summed E-state index contributed by atoms with van der Waals surface area (Å²) in [4.78, 5) is 4.11. The van der Waals surface area contributed by atoms with Crippen molar-refractivity contribution in [3.63, 3.8) is 0 Å². The second-order valence-corrected chi connectivity index (χ2v) is 20.1. The van der Waals surface area contributed by atoms with Gasteiger partial charge in [-0.3, -0.25) is 9.05 Å². The summed E-state index contributed by atoms with van der Waals surface area (Å²) in [7, 11) is -4.49. The van der Waals surface area contributed by atoms with Gasteiger partial charge in [0.1, 0.15) is 47.3 Å². The third kappa shape index (κ3) is 14.7. The van der Waals surface area contributed by atoms with Crippen LogP contribution in [-0.2, 0) is 39.2 Å². The molecule has 0 aliphatic carbocycles. The Hall–Kier alpha value is -3.64. The number of nitriles is 1. The van der Waals surface area contributed by atoms with Gasteiger partial charge < -0.3 is 29.2 Å². The number of aromatic nitrogens is 3. The Bertz CT molecular complexity index is 2210. The highest BCUT2D eigenvalue weighted by molar-refractivity contribution is 7.49. The van der Waals surface area contributed by atoms with Gasteiger partial charge in [0.2, 0.25) is 0 Å². The fraction of sp³-hybridized carbons (Fsp3) is 0.612. The average molecular weight is 941 g/mol. The molecular weight excluding hydrogens is 872 g/mol. The van der Waals surface area contributed by atoms with E-state index in [0.717, 1.165) is 25.7 Å². The van der Waals surface area contributed by atoms with Crippen LogP contribution in [0.4, 0.5) is 10.2 Å². The Kier molecular flexibility index (Phi) is 19.1. The first-order chi connectivity index (χ1) is 31.3. The summed E-state index contributed by atoms with van der Waals surface area (Å²) in [5, 5.41) is 14.1. The number of benzene rings is 2. The van der Waals surface area contributed by atoms with Crippen LogP contribution < -0.4 is 10.3 Å². The van der Waals surface area contributed by atoms with E-state index in [0.29, 0.717) is 29.0 Å². The number of ether oxygens (including phenoxy) is 4. The second-order valence-electron chi connectivity index (χ2n) is 18.1. The van der Waals surface area contributed by atoms with Gasteiger partial charge in [0, 0.05) is 0 Å². The topological polar surface area (TPSA) is 162 Å². The van der Waals surface area contributed by atoms with Crippen molar-refractivity contribution in [3.8, 4) is 11.8 Å². The van der Waals surface area contributed by atoms with Crippen molar-refractivity contribution in [2.24, 2.45) is 0 Å². The van der Waals surface area contributed by atoms with Crippen molar-refractivity contribution in [2.75, 3.05) is 18.9 Å². The molecule has 6 atom stereocenters. The van der Waals surface area contributed by atoms with Crippen LogP contribution in [0.1, 0.15) is 160 Å². The third-order valence-corrected chi connectivity index (χ3v) is 13.8. The largest absolute Gasteiger partial charge is 0.530 e. The SMILES string of the molecule is CCCCCCCCCCCCCCCCCC[C@@H](COP(=O)(OC[C@@]1(C)O[C@@H](c2ccc3c(N)ncnn23)[C@@H]2OC(C)(C)O[C@@H]21)Oc1ccccc1Cl)OCc1cc(F)cc(C#N)c1. The lowest BCUT2D eigenvalue weighted by Gasteiger charge is -2.32. The molecule has 356 valence electrons. The number of nitrogens with zero attached hydrogens (tertiary/aromatic N) is 4. The van der Waals surface area contributed by atoms with Crippen molar-refractivity contribution in [1.29, 1.82) is 5.26 Å². The van der Waals surface area contributed by atoms with E-state index in [9.17, 15) is 14.2 Å². The number of hydrogen-bond acceptors (Lipinski definition) is 12. The minimum absolute atomic E-state index is 0.00430. The molecule has 0 radical (unpaired) electrons. The van der Waals surface area contributed by atoms with Crippen LogP contribution in [0.15, 0.2) is 60.9 Å². The maximum Gasteiger partial charge on any atom is 0.530 e. The molecule has 1 unspecified atom stereocenters. The van der Waals surface area contributed by atoms with Gasteiger partial charge in [-0.05, 0) is 75.2 Å². The van der Waals surface area contributed by atoms with E-state index in [2.05, 4.69) is 17.0 Å². The van der Waals surface area contributed by atoms with Crippen LogP contribution in [0.2, 0.25) is 5.02 Å². The Morgan fingerprint density at radius 2 is 1.55 bits per heavy atom. The van der Waals surface area contributed by atoms with Gasteiger partial charge in [-0.25, -0.2) is 18.5 Å². The number of anilines is 1. The summed E-state index contributed by atoms with van der Waals surface area (Å²) in [5.41, 5.74) is 6.87. The van der Waals surface area contributed by atoms with Crippen LogP contribution in [0, 0.1) is 17.1 Å². The molecule has 6 rings (SSSR count). The van der Waals surface area contributed by atoms with Crippen LogP contribution in [-0.4, -0.2) is 57.5 Å². The first-order valence-corrected chi connectivity index (χ1v) is 25.4. The molecule has 4 heterocycles. The zero-order chi connectivity index (χ0) is 46.3. The highest BCUT2D eigenvalue weighted by Gasteiger charge is 2.62. The fourth-order valence-electron chi connectivity index (χ4n) is 8.70. The predicted molar refractivity (Wildman–Crippen MR) is 249 cm³/mol. The number of para-hydroxylation sites is 1. The number of phosphoric acid groups is 1. The average Bonchev–Trinajstić information content (AvgIpc) is 3.94. The Labute approximate surface area is 389 Å². The Morgan fingerprint density at radius 1 is 0.892 bits per heavy atom. The van der Waals surface area contributed by atoms with Gasteiger partial charge >= 0.3 is 7.82 Å². The molecule has 2 aromatic carbocycles. The summed E-state index contributed by atoms with van der Waals surface area (Å²) in [5.74, 6) is -1.09. The lowest BCUT2D eigenvalue weighted by Crippen LogP contribution is -2.44. The summed E-state index contributed by atoms with van der Waals surface area (Å²) >= 11 is 6.51. The highest BCUT2D eigenvalue weighted by atomic mass is 35.5. The fourth-order valence-corrected chi connectivity index (χ4v) is 10.3. The molecule has 16 heteroatoms. The van der Waals surface area contributed by atoms with Gasteiger partial charge in [0.05, 0.1) is 48.3 Å². The Balaban J connectivity index is 1.09. The maximum absolute atomic E-state index is 14.9. The van der Waals surface area contributed by atoms with E-state index in [1.165, 1.54) is 95.5 Å². The number of phosphoric ester groups is 1. The van der Waals surface area contributed by atoms with Crippen molar-refractivity contribution >= 4 is 30.8 Å². The summed E-state index contributed by atoms with van der Waals surface area (Å²) in [6.07, 6.45) is 19.3. The second kappa shape index (κ2) is 24.4. The third-order valence-electron chi connectivity index (χ3n) is 12.2. The monoisotopic (exact) mass is 939 g/mol. The number of fused-ring (bicyclic) bond motifs is 2. The molecule has 2 aliphatic heterocycles. The summed E-state index contributed by atoms with van der Waals surface area (Å²) in [6.45, 7) is 7.22. The molecule has 2 aromatic heterocycles. The number of nitrogens with two attached hydrogens (primary N) is 1. The predicted octanol–water partition coefficient (Wildman–Crippen LogP) is 12.8. The molecule has 4 aromatic rings. The van der Waals surface area contributed by atoms with E-state index < -0.39 is 49.4 Å². The van der Waals surface area contributed by atoms with Gasteiger partial charge in [-0.1, -0.05) is 133 Å². The summed E-state index contributed by atoms with van der Waals surface area (Å²) < 4.78 is 75.2. The molecule has 2 fully saturated rings. The molecule has 2 saturated heterocycles. The van der Waals surface area contributed by atoms with E-state index >= 15 is 0 Å². The molecule has 2 aliphatic rings. The molecule has 0 spiro atoms. The van der Waals surface area contributed by atoms with Crippen molar-refractivity contribution in [2.45, 2.75) is 179 Å². The van der Waals surface area contributed by atoms with Gasteiger partial charge in [0.25, 0.3) is 0 Å². The molecule has 2 N–H and O–H groups in total. The molecule has 0 bridgehead atoms. The van der Waals surface area contributed by atoms with Crippen molar-refractivity contribution in [3.05, 3.63) is 88.6 Å². The molecular formula is C49H68ClFN5O8P. The maximum atomic E-state index is 14.9. The molecule has 0 saturated carbocycles. The molecule has 65 heavy (non-hydrogen) atoms. The van der Waals surface area contributed by atoms with E-state index in [1.807, 2.05) is 32.0 Å². The number of unbranched alkanes of at least 4 members (excludes halogenated alkanes) is 15. The molecule has 13 nitrogen and oxygen atoms in total. The van der Waals surface area contributed by atoms with Crippen LogP contribution in [0.3, 0.4) is 0 Å². The minimum Gasteiger partial charge on any atom is -0.402 e. The van der Waals surface area contributed by atoms with Crippen LogP contribution in [0.5, 0.6) is 5.75 Å². The van der Waals surface area contributed by atoms with Gasteiger partial charge in [-0.15, -0.1) is 0 Å². The van der Waals surface area contributed by atoms with Gasteiger partial charge in [-0.2, -0.15) is 10.4 Å². The highest BCUT2D eigenvalue weighted by Crippen LogP contribution is 2.55. The van der Waals surface area contributed by atoms with Crippen molar-refractivity contribution in [1.82, 2.24) is 14.6 Å². The standard InChI is InChI=1S/C49H68ClFN5O8P/c1-5-6-7-8-9-10-11-12-13-14-15-16-17-18-19-20-23-39(58-32-37-28-36(31-52)29-38(51)30-37)33-59-65(57,64-43-25-22-21-24-40(43)50)60-34-49(4)46-45(61-48(2,3)63-46)44(62-49)41-26-27-42-47(53)54-35-55-56(41)42/h21-22,24-30,35,39,44-46H,5-20,23,32-34H2,1-4H3,(H2,53,54,55)/t39-,44-,45-,46-,49+,65?/m0/s1. The minimum atomic E-state index is -4.49. The zero-order valence-corrected chi connectivity index (χ0v) is 40.2. The lowest BCUT2D eigenvalue weighted by molar-refractivity contribution is -0.212. The van der Waals surface area contributed by atoms with Crippen LogP contribution >= 0.6 is 19.4 Å². The number of hydrogen-bond donors (Lipinski definition) is 1. The number of halogens is 2. The Morgan fingerprint density at radius 3 is 2.22 bits per heavy atom. The first kappa shape index (κ1) is 50.8. The van der Waals surface area contributed by atoms with E-state index in [1.54, 1.807) is 41.8 Å².